The molecule has 5 nitrogen and oxygen atoms in total. The highest BCUT2D eigenvalue weighted by Crippen LogP contribution is 2.10. The lowest BCUT2D eigenvalue weighted by molar-refractivity contribution is -0.134. The number of amides is 2. The average Bonchev–Trinajstić information content (AvgIpc) is 2.49. The van der Waals surface area contributed by atoms with Gasteiger partial charge in [0.05, 0.1) is 6.54 Å². The van der Waals surface area contributed by atoms with Gasteiger partial charge >= 0.3 is 0 Å². The van der Waals surface area contributed by atoms with Crippen LogP contribution >= 0.6 is 0 Å². The van der Waals surface area contributed by atoms with Crippen LogP contribution in [0, 0.1) is 11.8 Å². The molecule has 0 aromatic rings. The maximum absolute atomic E-state index is 12.2. The van der Waals surface area contributed by atoms with Gasteiger partial charge in [-0.25, -0.2) is 0 Å². The Bertz CT molecular complexity index is 411. The summed E-state index contributed by atoms with van der Waals surface area (Å²) in [6.07, 6.45) is 3.50. The third-order valence-electron chi connectivity index (χ3n) is 3.96. The smallest absolute Gasteiger partial charge is 0.298 e. The molecule has 0 spiro atoms. The van der Waals surface area contributed by atoms with E-state index < -0.39 is 0 Å². The Labute approximate surface area is 120 Å². The van der Waals surface area contributed by atoms with E-state index in [1.54, 1.807) is 11.8 Å². The minimum absolute atomic E-state index is 0.102. The van der Waals surface area contributed by atoms with Crippen LogP contribution < -0.4 is 0 Å². The van der Waals surface area contributed by atoms with Gasteiger partial charge < -0.3 is 9.80 Å². The summed E-state index contributed by atoms with van der Waals surface area (Å²) in [5.41, 5.74) is 0. The molecule has 2 aliphatic heterocycles. The van der Waals surface area contributed by atoms with E-state index >= 15 is 0 Å². The molecule has 5 heteroatoms. The van der Waals surface area contributed by atoms with Gasteiger partial charge in [-0.2, -0.15) is 0 Å². The first-order chi connectivity index (χ1) is 9.70. The highest BCUT2D eigenvalue weighted by Gasteiger charge is 2.24. The van der Waals surface area contributed by atoms with Crippen molar-refractivity contribution in [1.29, 1.82) is 0 Å². The van der Waals surface area contributed by atoms with Gasteiger partial charge in [0.25, 0.3) is 5.91 Å². The molecule has 0 saturated carbocycles. The van der Waals surface area contributed by atoms with Crippen molar-refractivity contribution in [3.8, 4) is 11.8 Å². The van der Waals surface area contributed by atoms with Crippen LogP contribution in [0.25, 0.3) is 0 Å². The van der Waals surface area contributed by atoms with Gasteiger partial charge in [0.15, 0.2) is 0 Å². The van der Waals surface area contributed by atoms with Crippen molar-refractivity contribution in [1.82, 2.24) is 14.7 Å². The molecule has 2 fully saturated rings. The Morgan fingerprint density at radius 1 is 0.900 bits per heavy atom. The zero-order valence-corrected chi connectivity index (χ0v) is 12.2. The zero-order chi connectivity index (χ0) is 14.4. The number of nitrogens with zero attached hydrogens (tertiary/aromatic N) is 3. The molecule has 0 N–H and O–H groups in total. The third-order valence-corrected chi connectivity index (χ3v) is 3.96. The van der Waals surface area contributed by atoms with Crippen LogP contribution in [0.15, 0.2) is 0 Å². The fourth-order valence-electron chi connectivity index (χ4n) is 2.73. The number of rotatable bonds is 2. The first kappa shape index (κ1) is 14.9. The fourth-order valence-corrected chi connectivity index (χ4v) is 2.73. The van der Waals surface area contributed by atoms with Crippen LogP contribution in [0.5, 0.6) is 0 Å². The van der Waals surface area contributed by atoms with Gasteiger partial charge in [-0.05, 0) is 32.1 Å². The predicted molar refractivity (Wildman–Crippen MR) is 76.9 cm³/mol. The molecule has 0 aromatic carbocycles. The molecule has 0 aromatic heterocycles. The van der Waals surface area contributed by atoms with Crippen molar-refractivity contribution < 1.29 is 9.59 Å². The lowest BCUT2D eigenvalue weighted by Gasteiger charge is -2.35. The molecule has 0 atom stereocenters. The van der Waals surface area contributed by atoms with Crippen molar-refractivity contribution in [3.05, 3.63) is 0 Å². The molecule has 2 amide bonds. The normalized spacial score (nSPS) is 20.2. The standard InChI is InChI=1S/C15H23N3O2/c1-2-6-14(19)18-11-9-16(10-12-18)13-15(20)17-7-4-3-5-8-17/h3-5,7-13H2,1H3. The zero-order valence-electron chi connectivity index (χ0n) is 12.2. The number of likely N-dealkylation sites (tertiary alicyclic amines) is 1. The van der Waals surface area contributed by atoms with E-state index in [4.69, 9.17) is 0 Å². The number of carbonyl (C=O) groups is 2. The number of piperazine rings is 1. The van der Waals surface area contributed by atoms with Crippen LogP contribution in [-0.4, -0.2) is 72.3 Å². The molecule has 2 aliphatic rings. The summed E-state index contributed by atoms with van der Waals surface area (Å²) in [5, 5.41) is 0. The van der Waals surface area contributed by atoms with Crippen molar-refractivity contribution in [2.45, 2.75) is 26.2 Å². The molecular formula is C15H23N3O2. The van der Waals surface area contributed by atoms with Gasteiger partial charge in [0, 0.05) is 39.3 Å². The molecule has 0 radical (unpaired) electrons. The molecule has 110 valence electrons. The lowest BCUT2D eigenvalue weighted by Crippen LogP contribution is -2.51. The Morgan fingerprint density at radius 2 is 1.55 bits per heavy atom. The van der Waals surface area contributed by atoms with E-state index in [-0.39, 0.29) is 11.8 Å². The summed E-state index contributed by atoms with van der Waals surface area (Å²) in [7, 11) is 0. The average molecular weight is 277 g/mol. The van der Waals surface area contributed by atoms with Gasteiger partial charge in [-0.3, -0.25) is 14.5 Å². The number of hydrogen-bond donors (Lipinski definition) is 0. The maximum Gasteiger partial charge on any atom is 0.298 e. The van der Waals surface area contributed by atoms with Crippen LogP contribution in [0.4, 0.5) is 0 Å². The van der Waals surface area contributed by atoms with E-state index in [0.717, 1.165) is 39.0 Å². The van der Waals surface area contributed by atoms with Gasteiger partial charge in [0.2, 0.25) is 5.91 Å². The van der Waals surface area contributed by atoms with E-state index in [2.05, 4.69) is 16.7 Å². The Kier molecular flexibility index (Phi) is 5.42. The third kappa shape index (κ3) is 3.97. The number of hydrogen-bond acceptors (Lipinski definition) is 3. The van der Waals surface area contributed by atoms with E-state index in [9.17, 15) is 9.59 Å². The Balaban J connectivity index is 1.74. The van der Waals surface area contributed by atoms with Crippen LogP contribution in [0.1, 0.15) is 26.2 Å². The molecule has 2 rings (SSSR count). The first-order valence-electron chi connectivity index (χ1n) is 7.42. The summed E-state index contributed by atoms with van der Waals surface area (Å²) in [5.74, 6) is 5.33. The highest BCUT2D eigenvalue weighted by molar-refractivity contribution is 5.93. The van der Waals surface area contributed by atoms with E-state index in [1.807, 2.05) is 4.90 Å². The van der Waals surface area contributed by atoms with Crippen molar-refractivity contribution in [2.24, 2.45) is 0 Å². The summed E-state index contributed by atoms with van der Waals surface area (Å²) in [6.45, 7) is 6.83. The van der Waals surface area contributed by atoms with Gasteiger partial charge in [-0.1, -0.05) is 5.92 Å². The van der Waals surface area contributed by atoms with Crippen molar-refractivity contribution >= 4 is 11.8 Å². The summed E-state index contributed by atoms with van der Waals surface area (Å²) in [4.78, 5) is 29.7. The lowest BCUT2D eigenvalue weighted by atomic mass is 10.1. The molecule has 2 saturated heterocycles. The largest absolute Gasteiger partial charge is 0.342 e. The van der Waals surface area contributed by atoms with Crippen LogP contribution in [0.3, 0.4) is 0 Å². The van der Waals surface area contributed by atoms with E-state index in [0.29, 0.717) is 19.6 Å². The molecule has 0 unspecified atom stereocenters. The van der Waals surface area contributed by atoms with Crippen LogP contribution in [0.2, 0.25) is 0 Å². The molecule has 20 heavy (non-hydrogen) atoms. The quantitative estimate of drug-likeness (QED) is 0.676. The molecule has 0 aliphatic carbocycles. The van der Waals surface area contributed by atoms with Gasteiger partial charge in [0.1, 0.15) is 0 Å². The second-order valence-corrected chi connectivity index (χ2v) is 5.38. The second-order valence-electron chi connectivity index (χ2n) is 5.38. The van der Waals surface area contributed by atoms with Gasteiger partial charge in [-0.15, -0.1) is 0 Å². The van der Waals surface area contributed by atoms with Crippen LogP contribution in [-0.2, 0) is 9.59 Å². The van der Waals surface area contributed by atoms with Crippen molar-refractivity contribution in [3.63, 3.8) is 0 Å². The molecular weight excluding hydrogens is 254 g/mol. The summed E-state index contributed by atoms with van der Waals surface area (Å²) < 4.78 is 0. The molecule has 0 bridgehead atoms. The fraction of sp³-hybridized carbons (Fsp3) is 0.733. The summed E-state index contributed by atoms with van der Waals surface area (Å²) in [6, 6.07) is 0. The maximum atomic E-state index is 12.2. The Hall–Kier alpha value is -1.54. The topological polar surface area (TPSA) is 43.9 Å². The first-order valence-corrected chi connectivity index (χ1v) is 7.42. The van der Waals surface area contributed by atoms with E-state index in [1.165, 1.54) is 6.42 Å². The second kappa shape index (κ2) is 7.30. The van der Waals surface area contributed by atoms with Crippen molar-refractivity contribution in [2.75, 3.05) is 45.8 Å². The highest BCUT2D eigenvalue weighted by atomic mass is 16.2. The minimum atomic E-state index is -0.102. The Morgan fingerprint density at radius 3 is 2.15 bits per heavy atom. The number of carbonyl (C=O) groups excluding carboxylic acids is 2. The number of piperidine rings is 1. The predicted octanol–water partition coefficient (Wildman–Crippen LogP) is 0.166. The minimum Gasteiger partial charge on any atom is -0.342 e. The summed E-state index contributed by atoms with van der Waals surface area (Å²) >= 11 is 0. The molecule has 2 heterocycles. The SMILES string of the molecule is CC#CC(=O)N1CCN(CC(=O)N2CCCCC2)CC1. The monoisotopic (exact) mass is 277 g/mol.